The molecular formula is C22H15ClN2O. The van der Waals surface area contributed by atoms with E-state index in [1.54, 1.807) is 16.7 Å². The third-order valence-corrected chi connectivity index (χ3v) is 5.16. The Kier molecular flexibility index (Phi) is 3.44. The minimum atomic E-state index is -0.0191. The Bertz CT molecular complexity index is 1270. The molecule has 1 aliphatic heterocycles. The topological polar surface area (TPSA) is 34.9 Å². The molecule has 0 saturated carbocycles. The van der Waals surface area contributed by atoms with Gasteiger partial charge in [0.05, 0.1) is 10.9 Å². The summed E-state index contributed by atoms with van der Waals surface area (Å²) in [6.45, 7) is 0.656. The lowest BCUT2D eigenvalue weighted by Crippen LogP contribution is -2.20. The first kappa shape index (κ1) is 15.4. The molecule has 0 unspecified atom stereocenters. The summed E-state index contributed by atoms with van der Waals surface area (Å²) in [6, 6.07) is 20.0. The molecule has 4 aromatic rings. The highest BCUT2D eigenvalue weighted by Crippen LogP contribution is 2.29. The third kappa shape index (κ3) is 2.44. The summed E-state index contributed by atoms with van der Waals surface area (Å²) in [4.78, 5) is 17.5. The van der Waals surface area contributed by atoms with Crippen LogP contribution in [0.1, 0.15) is 17.8 Å². The van der Waals surface area contributed by atoms with E-state index in [2.05, 4.69) is 36.4 Å². The molecule has 0 amide bonds. The smallest absolute Gasteiger partial charge is 0.261 e. The van der Waals surface area contributed by atoms with E-state index in [4.69, 9.17) is 16.6 Å². The van der Waals surface area contributed by atoms with E-state index in [1.807, 2.05) is 18.2 Å². The highest BCUT2D eigenvalue weighted by atomic mass is 35.5. The minimum Gasteiger partial charge on any atom is -0.292 e. The number of benzene rings is 3. The largest absolute Gasteiger partial charge is 0.292 e. The predicted molar refractivity (Wildman–Crippen MR) is 107 cm³/mol. The fraction of sp³-hybridized carbons (Fsp3) is 0.0909. The Morgan fingerprint density at radius 1 is 1.00 bits per heavy atom. The third-order valence-electron chi connectivity index (χ3n) is 4.92. The zero-order valence-corrected chi connectivity index (χ0v) is 14.7. The van der Waals surface area contributed by atoms with E-state index in [-0.39, 0.29) is 5.56 Å². The molecule has 1 aromatic heterocycles. The van der Waals surface area contributed by atoms with Gasteiger partial charge in [-0.05, 0) is 58.7 Å². The maximum atomic E-state index is 12.8. The van der Waals surface area contributed by atoms with Crippen LogP contribution in [0.4, 0.5) is 0 Å². The van der Waals surface area contributed by atoms with Gasteiger partial charge in [-0.3, -0.25) is 9.36 Å². The van der Waals surface area contributed by atoms with Crippen LogP contribution in [0.2, 0.25) is 5.02 Å². The Labute approximate surface area is 155 Å². The summed E-state index contributed by atoms with van der Waals surface area (Å²) in [5, 5.41) is 3.56. The van der Waals surface area contributed by atoms with Crippen LogP contribution in [0.25, 0.3) is 33.3 Å². The SMILES string of the molecule is O=c1c2cc(Cl)ccc2nc2n1CC/C2=C/c1ccc2ccccc2c1. The number of hydrogen-bond acceptors (Lipinski definition) is 2. The highest BCUT2D eigenvalue weighted by molar-refractivity contribution is 6.31. The van der Waals surface area contributed by atoms with Gasteiger partial charge in [0.25, 0.3) is 5.56 Å². The molecule has 4 heteroatoms. The summed E-state index contributed by atoms with van der Waals surface area (Å²) in [6.07, 6.45) is 2.94. The van der Waals surface area contributed by atoms with Crippen molar-refractivity contribution in [3.63, 3.8) is 0 Å². The van der Waals surface area contributed by atoms with Gasteiger partial charge in [-0.25, -0.2) is 4.98 Å². The van der Waals surface area contributed by atoms with Crippen LogP contribution >= 0.6 is 11.6 Å². The van der Waals surface area contributed by atoms with Gasteiger partial charge in [0, 0.05) is 11.6 Å². The molecule has 0 atom stereocenters. The van der Waals surface area contributed by atoms with Crippen molar-refractivity contribution in [2.75, 3.05) is 0 Å². The average molecular weight is 359 g/mol. The highest BCUT2D eigenvalue weighted by Gasteiger charge is 2.20. The summed E-state index contributed by atoms with van der Waals surface area (Å²) < 4.78 is 1.76. The number of rotatable bonds is 1. The van der Waals surface area contributed by atoms with Crippen molar-refractivity contribution >= 4 is 44.9 Å². The lowest BCUT2D eigenvalue weighted by atomic mass is 10.0. The Morgan fingerprint density at radius 2 is 1.85 bits per heavy atom. The second-order valence-corrected chi connectivity index (χ2v) is 7.02. The summed E-state index contributed by atoms with van der Waals surface area (Å²) in [5.41, 5.74) is 2.89. The molecular weight excluding hydrogens is 344 g/mol. The Hall–Kier alpha value is -2.91. The summed E-state index contributed by atoms with van der Waals surface area (Å²) in [7, 11) is 0. The van der Waals surface area contributed by atoms with Crippen LogP contribution in [0.5, 0.6) is 0 Å². The lowest BCUT2D eigenvalue weighted by Gasteiger charge is -2.06. The summed E-state index contributed by atoms with van der Waals surface area (Å²) in [5.74, 6) is 0.762. The van der Waals surface area contributed by atoms with Crippen LogP contribution in [0.3, 0.4) is 0 Å². The van der Waals surface area contributed by atoms with Gasteiger partial charge in [0.2, 0.25) is 0 Å². The van der Waals surface area contributed by atoms with Gasteiger partial charge >= 0.3 is 0 Å². The molecule has 0 aliphatic carbocycles. The molecule has 0 fully saturated rings. The molecule has 2 heterocycles. The van der Waals surface area contributed by atoms with Crippen molar-refractivity contribution in [1.29, 1.82) is 0 Å². The van der Waals surface area contributed by atoms with Crippen LogP contribution in [-0.2, 0) is 6.54 Å². The quantitative estimate of drug-likeness (QED) is 0.471. The van der Waals surface area contributed by atoms with Crippen LogP contribution in [0.15, 0.2) is 65.5 Å². The van der Waals surface area contributed by atoms with Gasteiger partial charge in [-0.2, -0.15) is 0 Å². The first-order chi connectivity index (χ1) is 12.7. The molecule has 0 spiro atoms. The Morgan fingerprint density at radius 3 is 2.73 bits per heavy atom. The van der Waals surface area contributed by atoms with Crippen LogP contribution in [-0.4, -0.2) is 9.55 Å². The monoisotopic (exact) mass is 358 g/mol. The van der Waals surface area contributed by atoms with Crippen molar-refractivity contribution in [2.45, 2.75) is 13.0 Å². The molecule has 3 nitrogen and oxygen atoms in total. The molecule has 126 valence electrons. The van der Waals surface area contributed by atoms with Gasteiger partial charge in [-0.1, -0.05) is 48.0 Å². The van der Waals surface area contributed by atoms with Gasteiger partial charge in [-0.15, -0.1) is 0 Å². The second-order valence-electron chi connectivity index (χ2n) is 6.58. The molecule has 0 bridgehead atoms. The van der Waals surface area contributed by atoms with Crippen LogP contribution in [0, 0.1) is 0 Å². The zero-order valence-electron chi connectivity index (χ0n) is 13.9. The first-order valence-corrected chi connectivity index (χ1v) is 8.97. The minimum absolute atomic E-state index is 0.0191. The number of aromatic nitrogens is 2. The van der Waals surface area contributed by atoms with Gasteiger partial charge in [0.15, 0.2) is 0 Å². The van der Waals surface area contributed by atoms with Crippen molar-refractivity contribution in [2.24, 2.45) is 0 Å². The summed E-state index contributed by atoms with van der Waals surface area (Å²) >= 11 is 6.04. The number of nitrogens with zero attached hydrogens (tertiary/aromatic N) is 2. The Balaban J connectivity index is 1.67. The van der Waals surface area contributed by atoms with E-state index in [0.29, 0.717) is 22.5 Å². The van der Waals surface area contributed by atoms with Crippen molar-refractivity contribution in [3.8, 4) is 0 Å². The number of allylic oxidation sites excluding steroid dienone is 1. The molecule has 0 N–H and O–H groups in total. The van der Waals surface area contributed by atoms with E-state index < -0.39 is 0 Å². The van der Waals surface area contributed by atoms with E-state index in [9.17, 15) is 4.79 Å². The molecule has 1 aliphatic rings. The molecule has 3 aromatic carbocycles. The molecule has 0 radical (unpaired) electrons. The lowest BCUT2D eigenvalue weighted by molar-refractivity contribution is 0.725. The number of fused-ring (bicyclic) bond motifs is 3. The standard InChI is InChI=1S/C22H15ClN2O/c23-18-7-8-20-19(13-18)22(26)25-10-9-17(21(25)24-20)12-14-5-6-15-3-1-2-4-16(15)11-14/h1-8,11-13H,9-10H2/b17-12-. The van der Waals surface area contributed by atoms with E-state index in [0.717, 1.165) is 23.4 Å². The normalized spacial score (nSPS) is 15.0. The molecule has 0 saturated heterocycles. The van der Waals surface area contributed by atoms with Crippen molar-refractivity contribution in [1.82, 2.24) is 9.55 Å². The number of hydrogen-bond donors (Lipinski definition) is 0. The average Bonchev–Trinajstić information content (AvgIpc) is 3.05. The van der Waals surface area contributed by atoms with E-state index in [1.165, 1.54) is 10.8 Å². The fourth-order valence-corrected chi connectivity index (χ4v) is 3.80. The zero-order chi connectivity index (χ0) is 17.7. The first-order valence-electron chi connectivity index (χ1n) is 8.59. The maximum absolute atomic E-state index is 12.8. The van der Waals surface area contributed by atoms with E-state index >= 15 is 0 Å². The molecule has 5 rings (SSSR count). The van der Waals surface area contributed by atoms with Crippen LogP contribution < -0.4 is 5.56 Å². The van der Waals surface area contributed by atoms with Gasteiger partial charge < -0.3 is 0 Å². The molecule has 26 heavy (non-hydrogen) atoms. The fourth-order valence-electron chi connectivity index (χ4n) is 3.63. The number of halogens is 1. The van der Waals surface area contributed by atoms with Crippen molar-refractivity contribution < 1.29 is 0 Å². The van der Waals surface area contributed by atoms with Crippen molar-refractivity contribution in [3.05, 3.63) is 87.4 Å². The second kappa shape index (κ2) is 5.82. The predicted octanol–water partition coefficient (Wildman–Crippen LogP) is 5.15. The maximum Gasteiger partial charge on any atom is 0.261 e. The van der Waals surface area contributed by atoms with Gasteiger partial charge in [0.1, 0.15) is 5.82 Å².